The molecule has 0 aliphatic heterocycles. The fraction of sp³-hybridized carbons (Fsp3) is 0.222. The average molecular weight is 161 g/mol. The maximum atomic E-state index is 4.18. The number of nitrogens with zero attached hydrogens (tertiary/aromatic N) is 2. The summed E-state index contributed by atoms with van der Waals surface area (Å²) < 4.78 is 2.03. The molecule has 0 fully saturated rings. The second-order valence-corrected chi connectivity index (χ2v) is 2.60. The Labute approximate surface area is 71.0 Å². The Morgan fingerprint density at radius 1 is 1.50 bits per heavy atom. The molecule has 0 saturated heterocycles. The van der Waals surface area contributed by atoms with Crippen LogP contribution < -0.4 is 5.32 Å². The summed E-state index contributed by atoms with van der Waals surface area (Å²) in [6.07, 6.45) is 3.75. The van der Waals surface area contributed by atoms with Gasteiger partial charge in [0, 0.05) is 18.9 Å². The summed E-state index contributed by atoms with van der Waals surface area (Å²) in [5.74, 6) is 1.09. The standard InChI is InChI=1S/C9H11N3/c1-2-10-8-4-3-5-9-11-6-7-12(8)9/h3-7,10H,2H2,1H3. The number of fused-ring (bicyclic) bond motifs is 1. The van der Waals surface area contributed by atoms with Crippen LogP contribution in [0.4, 0.5) is 5.82 Å². The first kappa shape index (κ1) is 7.16. The number of hydrogen-bond acceptors (Lipinski definition) is 2. The molecule has 3 nitrogen and oxygen atoms in total. The monoisotopic (exact) mass is 161 g/mol. The van der Waals surface area contributed by atoms with Gasteiger partial charge in [-0.05, 0) is 19.1 Å². The zero-order valence-electron chi connectivity index (χ0n) is 6.99. The zero-order valence-corrected chi connectivity index (χ0v) is 6.99. The molecule has 0 aliphatic carbocycles. The van der Waals surface area contributed by atoms with E-state index in [2.05, 4.69) is 17.2 Å². The van der Waals surface area contributed by atoms with Crippen molar-refractivity contribution in [3.63, 3.8) is 0 Å². The van der Waals surface area contributed by atoms with E-state index >= 15 is 0 Å². The molecule has 3 heteroatoms. The molecule has 2 aromatic rings. The van der Waals surface area contributed by atoms with Gasteiger partial charge in [-0.1, -0.05) is 6.07 Å². The van der Waals surface area contributed by atoms with Gasteiger partial charge >= 0.3 is 0 Å². The smallest absolute Gasteiger partial charge is 0.138 e. The maximum absolute atomic E-state index is 4.18. The minimum atomic E-state index is 0.928. The number of anilines is 1. The minimum absolute atomic E-state index is 0.928. The predicted octanol–water partition coefficient (Wildman–Crippen LogP) is 1.77. The molecule has 0 bridgehead atoms. The van der Waals surface area contributed by atoms with E-state index < -0.39 is 0 Å². The highest BCUT2D eigenvalue weighted by atomic mass is 15.1. The molecule has 0 aromatic carbocycles. The van der Waals surface area contributed by atoms with Gasteiger partial charge in [0.1, 0.15) is 11.5 Å². The Kier molecular flexibility index (Phi) is 1.70. The molecule has 0 amide bonds. The van der Waals surface area contributed by atoms with Crippen LogP contribution in [0.15, 0.2) is 30.6 Å². The van der Waals surface area contributed by atoms with E-state index in [-0.39, 0.29) is 0 Å². The van der Waals surface area contributed by atoms with Crippen molar-refractivity contribution in [1.82, 2.24) is 9.38 Å². The van der Waals surface area contributed by atoms with Gasteiger partial charge in [0.15, 0.2) is 0 Å². The first-order valence-electron chi connectivity index (χ1n) is 4.08. The van der Waals surface area contributed by atoms with Crippen molar-refractivity contribution in [1.29, 1.82) is 0 Å². The average Bonchev–Trinajstić information content (AvgIpc) is 2.53. The molecule has 0 spiro atoms. The Hall–Kier alpha value is -1.51. The second kappa shape index (κ2) is 2.85. The van der Waals surface area contributed by atoms with Gasteiger partial charge < -0.3 is 5.32 Å². The Morgan fingerprint density at radius 3 is 3.25 bits per heavy atom. The molecule has 2 heterocycles. The molecular formula is C9H11N3. The van der Waals surface area contributed by atoms with Gasteiger partial charge in [-0.25, -0.2) is 4.98 Å². The zero-order chi connectivity index (χ0) is 8.39. The Bertz CT molecular complexity index is 378. The van der Waals surface area contributed by atoms with Crippen molar-refractivity contribution in [2.45, 2.75) is 6.92 Å². The van der Waals surface area contributed by atoms with Crippen LogP contribution in [-0.2, 0) is 0 Å². The minimum Gasteiger partial charge on any atom is -0.371 e. The lowest BCUT2D eigenvalue weighted by Crippen LogP contribution is -2.01. The van der Waals surface area contributed by atoms with Crippen molar-refractivity contribution in [2.75, 3.05) is 11.9 Å². The lowest BCUT2D eigenvalue weighted by atomic mass is 10.4. The molecular weight excluding hydrogens is 150 g/mol. The molecule has 1 N–H and O–H groups in total. The third-order valence-electron chi connectivity index (χ3n) is 1.79. The highest BCUT2D eigenvalue weighted by Gasteiger charge is 1.96. The highest BCUT2D eigenvalue weighted by molar-refractivity contribution is 5.49. The van der Waals surface area contributed by atoms with Crippen molar-refractivity contribution in [3.05, 3.63) is 30.6 Å². The van der Waals surface area contributed by atoms with E-state index in [1.807, 2.05) is 28.8 Å². The van der Waals surface area contributed by atoms with Crippen molar-refractivity contribution >= 4 is 11.5 Å². The number of pyridine rings is 1. The van der Waals surface area contributed by atoms with Crippen LogP contribution in [0.5, 0.6) is 0 Å². The van der Waals surface area contributed by atoms with Crippen LogP contribution in [0.3, 0.4) is 0 Å². The number of nitrogens with one attached hydrogen (secondary N) is 1. The van der Waals surface area contributed by atoms with Gasteiger partial charge in [0.2, 0.25) is 0 Å². The number of hydrogen-bond donors (Lipinski definition) is 1. The predicted molar refractivity (Wildman–Crippen MR) is 49.4 cm³/mol. The van der Waals surface area contributed by atoms with Crippen molar-refractivity contribution in [2.24, 2.45) is 0 Å². The van der Waals surface area contributed by atoms with Crippen LogP contribution in [0, 0.1) is 0 Å². The fourth-order valence-electron chi connectivity index (χ4n) is 1.27. The van der Waals surface area contributed by atoms with E-state index in [9.17, 15) is 0 Å². The van der Waals surface area contributed by atoms with E-state index in [0.29, 0.717) is 0 Å². The van der Waals surface area contributed by atoms with E-state index in [0.717, 1.165) is 18.0 Å². The van der Waals surface area contributed by atoms with Crippen LogP contribution in [0.25, 0.3) is 5.65 Å². The normalized spacial score (nSPS) is 10.4. The van der Waals surface area contributed by atoms with Crippen molar-refractivity contribution < 1.29 is 0 Å². The third kappa shape index (κ3) is 1.03. The first-order valence-corrected chi connectivity index (χ1v) is 4.08. The maximum Gasteiger partial charge on any atom is 0.138 e. The fourth-order valence-corrected chi connectivity index (χ4v) is 1.27. The summed E-state index contributed by atoms with van der Waals surface area (Å²) in [6.45, 7) is 3.01. The summed E-state index contributed by atoms with van der Waals surface area (Å²) in [5.41, 5.74) is 0.980. The molecule has 2 aromatic heterocycles. The Morgan fingerprint density at radius 2 is 2.42 bits per heavy atom. The van der Waals surface area contributed by atoms with Gasteiger partial charge in [-0.3, -0.25) is 4.40 Å². The topological polar surface area (TPSA) is 29.3 Å². The molecule has 0 saturated carbocycles. The third-order valence-corrected chi connectivity index (χ3v) is 1.79. The number of aromatic nitrogens is 2. The molecule has 2 rings (SSSR count). The first-order chi connectivity index (χ1) is 5.92. The van der Waals surface area contributed by atoms with Gasteiger partial charge in [-0.15, -0.1) is 0 Å². The van der Waals surface area contributed by atoms with Gasteiger partial charge in [-0.2, -0.15) is 0 Å². The van der Waals surface area contributed by atoms with Gasteiger partial charge in [0.25, 0.3) is 0 Å². The summed E-state index contributed by atoms with van der Waals surface area (Å²) >= 11 is 0. The molecule has 0 aliphatic rings. The SMILES string of the molecule is CCNc1cccc2nccn12. The number of rotatable bonds is 2. The van der Waals surface area contributed by atoms with Crippen LogP contribution in [0.2, 0.25) is 0 Å². The molecule has 0 unspecified atom stereocenters. The second-order valence-electron chi connectivity index (χ2n) is 2.60. The van der Waals surface area contributed by atoms with Gasteiger partial charge in [0.05, 0.1) is 0 Å². The lowest BCUT2D eigenvalue weighted by Gasteiger charge is -2.05. The van der Waals surface area contributed by atoms with Crippen molar-refractivity contribution in [3.8, 4) is 0 Å². The van der Waals surface area contributed by atoms with E-state index in [1.165, 1.54) is 0 Å². The van der Waals surface area contributed by atoms with E-state index in [1.54, 1.807) is 6.20 Å². The summed E-state index contributed by atoms with van der Waals surface area (Å²) in [4.78, 5) is 4.18. The van der Waals surface area contributed by atoms with Crippen LogP contribution >= 0.6 is 0 Å². The lowest BCUT2D eigenvalue weighted by molar-refractivity contribution is 1.11. The highest BCUT2D eigenvalue weighted by Crippen LogP contribution is 2.09. The number of imidazole rings is 1. The van der Waals surface area contributed by atoms with E-state index in [4.69, 9.17) is 0 Å². The Balaban J connectivity index is 2.57. The van der Waals surface area contributed by atoms with Crippen LogP contribution in [-0.4, -0.2) is 15.9 Å². The summed E-state index contributed by atoms with van der Waals surface area (Å²) in [7, 11) is 0. The summed E-state index contributed by atoms with van der Waals surface area (Å²) in [5, 5.41) is 3.26. The molecule has 0 radical (unpaired) electrons. The van der Waals surface area contributed by atoms with Crippen LogP contribution in [0.1, 0.15) is 6.92 Å². The molecule has 12 heavy (non-hydrogen) atoms. The molecule has 0 atom stereocenters. The summed E-state index contributed by atoms with van der Waals surface area (Å²) in [6, 6.07) is 6.03. The largest absolute Gasteiger partial charge is 0.371 e. The molecule has 62 valence electrons. The quantitative estimate of drug-likeness (QED) is 0.727.